The van der Waals surface area contributed by atoms with Gasteiger partial charge in [0, 0.05) is 30.1 Å². The molecule has 1 fully saturated rings. The van der Waals surface area contributed by atoms with E-state index in [2.05, 4.69) is 20.3 Å². The standard InChI is InChI=1S/C27H25N5O3/c33-26-22-9-6-19(14-23(22)27(34)30-26)24-16-29-32-17-20(15-28-25(24)32)18-4-7-21(8-5-18)35-13-12-31-10-2-1-3-11-31/h4-9,14-17H,1-3,10-13H2,(H,30,33,34). The maximum atomic E-state index is 12.0. The molecule has 2 aliphatic rings. The summed E-state index contributed by atoms with van der Waals surface area (Å²) in [5, 5.41) is 6.79. The average Bonchev–Trinajstić information content (AvgIpc) is 3.44. The Hall–Kier alpha value is -4.04. The molecule has 8 nitrogen and oxygen atoms in total. The number of rotatable bonds is 6. The fourth-order valence-electron chi connectivity index (χ4n) is 4.78. The molecule has 8 heteroatoms. The minimum Gasteiger partial charge on any atom is -0.492 e. The first-order chi connectivity index (χ1) is 17.2. The van der Waals surface area contributed by atoms with Crippen molar-refractivity contribution in [3.05, 3.63) is 72.2 Å². The quantitative estimate of drug-likeness (QED) is 0.434. The molecule has 4 aromatic rings. The van der Waals surface area contributed by atoms with Crippen LogP contribution >= 0.6 is 0 Å². The number of carbonyl (C=O) groups is 2. The Morgan fingerprint density at radius 1 is 0.829 bits per heavy atom. The van der Waals surface area contributed by atoms with Crippen molar-refractivity contribution in [2.24, 2.45) is 0 Å². The summed E-state index contributed by atoms with van der Waals surface area (Å²) in [7, 11) is 0. The average molecular weight is 468 g/mol. The number of nitrogens with one attached hydrogen (secondary N) is 1. The van der Waals surface area contributed by atoms with Gasteiger partial charge in [0.2, 0.25) is 0 Å². The van der Waals surface area contributed by atoms with E-state index >= 15 is 0 Å². The highest BCUT2D eigenvalue weighted by Crippen LogP contribution is 2.29. The lowest BCUT2D eigenvalue weighted by Gasteiger charge is -2.26. The number of carbonyl (C=O) groups excluding carboxylic acids is 2. The normalized spacial score (nSPS) is 15.9. The van der Waals surface area contributed by atoms with Crippen LogP contribution in [-0.2, 0) is 0 Å². The van der Waals surface area contributed by atoms with E-state index in [-0.39, 0.29) is 11.8 Å². The van der Waals surface area contributed by atoms with Gasteiger partial charge in [-0.15, -0.1) is 0 Å². The minimum atomic E-state index is -0.377. The summed E-state index contributed by atoms with van der Waals surface area (Å²) >= 11 is 0. The third-order valence-electron chi connectivity index (χ3n) is 6.72. The lowest BCUT2D eigenvalue weighted by atomic mass is 10.0. The fourth-order valence-corrected chi connectivity index (χ4v) is 4.78. The number of amides is 2. The predicted molar refractivity (Wildman–Crippen MR) is 131 cm³/mol. The van der Waals surface area contributed by atoms with Crippen molar-refractivity contribution in [1.29, 1.82) is 0 Å². The zero-order valence-corrected chi connectivity index (χ0v) is 19.2. The van der Waals surface area contributed by atoms with Gasteiger partial charge < -0.3 is 4.74 Å². The summed E-state index contributed by atoms with van der Waals surface area (Å²) in [6, 6.07) is 13.2. The van der Waals surface area contributed by atoms with Crippen molar-refractivity contribution >= 4 is 17.5 Å². The molecule has 2 aliphatic heterocycles. The lowest BCUT2D eigenvalue weighted by molar-refractivity contribution is 0.0879. The SMILES string of the molecule is O=C1NC(=O)c2cc(-c3cnn4cc(-c5ccc(OCCN6CCCCC6)cc5)cnc34)ccc21. The van der Waals surface area contributed by atoms with Crippen LogP contribution in [0.1, 0.15) is 40.0 Å². The molecule has 0 spiro atoms. The van der Waals surface area contributed by atoms with Crippen LogP contribution in [0.2, 0.25) is 0 Å². The van der Waals surface area contributed by atoms with Gasteiger partial charge in [-0.2, -0.15) is 5.10 Å². The third-order valence-corrected chi connectivity index (χ3v) is 6.72. The van der Waals surface area contributed by atoms with E-state index in [0.717, 1.165) is 34.5 Å². The van der Waals surface area contributed by atoms with Crippen LogP contribution in [0.5, 0.6) is 5.75 Å². The van der Waals surface area contributed by atoms with Crippen LogP contribution in [0, 0.1) is 0 Å². The van der Waals surface area contributed by atoms with Crippen LogP contribution in [0.15, 0.2) is 61.1 Å². The molecule has 2 aromatic carbocycles. The second kappa shape index (κ2) is 8.96. The lowest BCUT2D eigenvalue weighted by Crippen LogP contribution is -2.33. The number of fused-ring (bicyclic) bond motifs is 2. The molecule has 0 bridgehead atoms. The first kappa shape index (κ1) is 21.5. The highest BCUT2D eigenvalue weighted by atomic mass is 16.5. The second-order valence-electron chi connectivity index (χ2n) is 8.99. The molecule has 35 heavy (non-hydrogen) atoms. The Morgan fingerprint density at radius 3 is 2.43 bits per heavy atom. The van der Waals surface area contributed by atoms with Gasteiger partial charge in [-0.05, 0) is 61.3 Å². The maximum absolute atomic E-state index is 12.0. The Morgan fingerprint density at radius 2 is 1.60 bits per heavy atom. The van der Waals surface area contributed by atoms with Gasteiger partial charge in [0.1, 0.15) is 12.4 Å². The van der Waals surface area contributed by atoms with E-state index in [1.807, 2.05) is 42.7 Å². The van der Waals surface area contributed by atoms with Crippen molar-refractivity contribution in [1.82, 2.24) is 24.8 Å². The zero-order chi connectivity index (χ0) is 23.8. The van der Waals surface area contributed by atoms with Crippen molar-refractivity contribution in [3.8, 4) is 28.0 Å². The molecule has 0 atom stereocenters. The van der Waals surface area contributed by atoms with Crippen molar-refractivity contribution in [3.63, 3.8) is 0 Å². The monoisotopic (exact) mass is 467 g/mol. The molecule has 0 saturated carbocycles. The first-order valence-corrected chi connectivity index (χ1v) is 11.9. The predicted octanol–water partition coefficient (Wildman–Crippen LogP) is 3.81. The van der Waals surface area contributed by atoms with Gasteiger partial charge in [0.05, 0.1) is 17.3 Å². The van der Waals surface area contributed by atoms with E-state index in [9.17, 15) is 9.59 Å². The first-order valence-electron chi connectivity index (χ1n) is 11.9. The molecule has 4 heterocycles. The third kappa shape index (κ3) is 4.17. The number of hydrogen-bond acceptors (Lipinski definition) is 6. The molecule has 0 unspecified atom stereocenters. The Kier molecular flexibility index (Phi) is 5.50. The molecule has 2 aromatic heterocycles. The second-order valence-corrected chi connectivity index (χ2v) is 8.99. The molecule has 2 amide bonds. The number of ether oxygens (including phenoxy) is 1. The Labute approximate surface area is 202 Å². The highest BCUT2D eigenvalue weighted by molar-refractivity contribution is 6.21. The summed E-state index contributed by atoms with van der Waals surface area (Å²) in [5.41, 5.74) is 4.99. The molecule has 1 saturated heterocycles. The van der Waals surface area contributed by atoms with Crippen molar-refractivity contribution in [2.75, 3.05) is 26.2 Å². The van der Waals surface area contributed by atoms with E-state index in [1.54, 1.807) is 22.8 Å². The topological polar surface area (TPSA) is 88.8 Å². The summed E-state index contributed by atoms with van der Waals surface area (Å²) < 4.78 is 7.67. The van der Waals surface area contributed by atoms with Gasteiger partial charge in [-0.3, -0.25) is 19.8 Å². The van der Waals surface area contributed by atoms with E-state index < -0.39 is 0 Å². The van der Waals surface area contributed by atoms with E-state index in [1.165, 1.54) is 32.4 Å². The minimum absolute atomic E-state index is 0.363. The number of aromatic nitrogens is 3. The molecule has 1 N–H and O–H groups in total. The molecule has 0 radical (unpaired) electrons. The molecule has 176 valence electrons. The van der Waals surface area contributed by atoms with Crippen LogP contribution in [0.4, 0.5) is 0 Å². The number of piperidine rings is 1. The Balaban J connectivity index is 1.18. The van der Waals surface area contributed by atoms with Crippen molar-refractivity contribution in [2.45, 2.75) is 19.3 Å². The number of benzene rings is 2. The highest BCUT2D eigenvalue weighted by Gasteiger charge is 2.27. The number of hydrogen-bond donors (Lipinski definition) is 1. The number of imide groups is 1. The number of nitrogens with zero attached hydrogens (tertiary/aromatic N) is 4. The molecular weight excluding hydrogens is 442 g/mol. The van der Waals surface area contributed by atoms with E-state index in [0.29, 0.717) is 23.4 Å². The molecular formula is C27H25N5O3. The van der Waals surface area contributed by atoms with Crippen molar-refractivity contribution < 1.29 is 14.3 Å². The van der Waals surface area contributed by atoms with Gasteiger partial charge >= 0.3 is 0 Å². The fraction of sp³-hybridized carbons (Fsp3) is 0.259. The van der Waals surface area contributed by atoms with Crippen LogP contribution in [0.3, 0.4) is 0 Å². The van der Waals surface area contributed by atoms with Crippen LogP contribution < -0.4 is 10.1 Å². The summed E-state index contributed by atoms with van der Waals surface area (Å²) in [6.07, 6.45) is 9.39. The van der Waals surface area contributed by atoms with E-state index in [4.69, 9.17) is 4.74 Å². The number of likely N-dealkylation sites (tertiary alicyclic amines) is 1. The maximum Gasteiger partial charge on any atom is 0.258 e. The van der Waals surface area contributed by atoms with Gasteiger partial charge in [0.25, 0.3) is 11.8 Å². The van der Waals surface area contributed by atoms with Crippen LogP contribution in [0.25, 0.3) is 27.9 Å². The smallest absolute Gasteiger partial charge is 0.258 e. The van der Waals surface area contributed by atoms with Crippen LogP contribution in [-0.4, -0.2) is 57.6 Å². The largest absolute Gasteiger partial charge is 0.492 e. The van der Waals surface area contributed by atoms with Gasteiger partial charge in [0.15, 0.2) is 5.65 Å². The summed E-state index contributed by atoms with van der Waals surface area (Å²) in [4.78, 5) is 31.0. The van der Waals surface area contributed by atoms with Gasteiger partial charge in [-0.25, -0.2) is 9.50 Å². The summed E-state index contributed by atoms with van der Waals surface area (Å²) in [6.45, 7) is 4.01. The van der Waals surface area contributed by atoms with Gasteiger partial charge in [-0.1, -0.05) is 24.6 Å². The Bertz CT molecular complexity index is 1420. The molecule has 0 aliphatic carbocycles. The molecule has 6 rings (SSSR count). The zero-order valence-electron chi connectivity index (χ0n) is 19.2. The summed E-state index contributed by atoms with van der Waals surface area (Å²) in [5.74, 6) is 0.121.